The van der Waals surface area contributed by atoms with E-state index in [0.717, 1.165) is 22.2 Å². The summed E-state index contributed by atoms with van der Waals surface area (Å²) in [5.41, 5.74) is 8.66. The SMILES string of the molecule is CC(C)n1c(CS(=O)(=O)C(C)C)cc2cc(CN)ccc21. The molecule has 0 fully saturated rings. The first kappa shape index (κ1) is 16.0. The zero-order chi connectivity index (χ0) is 15.8. The minimum atomic E-state index is -3.12. The van der Waals surface area contributed by atoms with Gasteiger partial charge in [-0.2, -0.15) is 0 Å². The Morgan fingerprint density at radius 2 is 1.81 bits per heavy atom. The summed E-state index contributed by atoms with van der Waals surface area (Å²) in [6.45, 7) is 8.08. The highest BCUT2D eigenvalue weighted by Crippen LogP contribution is 2.27. The Morgan fingerprint density at radius 3 is 2.33 bits per heavy atom. The summed E-state index contributed by atoms with van der Waals surface area (Å²) in [6, 6.07) is 8.27. The van der Waals surface area contributed by atoms with E-state index in [1.165, 1.54) is 0 Å². The number of rotatable bonds is 5. The lowest BCUT2D eigenvalue weighted by Gasteiger charge is -2.16. The van der Waals surface area contributed by atoms with Crippen molar-refractivity contribution in [2.24, 2.45) is 5.73 Å². The molecule has 21 heavy (non-hydrogen) atoms. The van der Waals surface area contributed by atoms with Crippen LogP contribution in [0.3, 0.4) is 0 Å². The summed E-state index contributed by atoms with van der Waals surface area (Å²) in [6.07, 6.45) is 0. The van der Waals surface area contributed by atoms with E-state index in [4.69, 9.17) is 5.73 Å². The Morgan fingerprint density at radius 1 is 1.14 bits per heavy atom. The Labute approximate surface area is 126 Å². The molecular formula is C16H24N2O2S. The molecule has 0 atom stereocenters. The molecule has 2 N–H and O–H groups in total. The van der Waals surface area contributed by atoms with Crippen LogP contribution in [-0.4, -0.2) is 18.2 Å². The fourth-order valence-corrected chi connectivity index (χ4v) is 3.53. The number of sulfone groups is 1. The van der Waals surface area contributed by atoms with Crippen molar-refractivity contribution in [2.75, 3.05) is 0 Å². The van der Waals surface area contributed by atoms with Crippen molar-refractivity contribution in [1.82, 2.24) is 4.57 Å². The Kier molecular flexibility index (Phi) is 4.44. The third-order valence-electron chi connectivity index (χ3n) is 3.80. The summed E-state index contributed by atoms with van der Waals surface area (Å²) >= 11 is 0. The van der Waals surface area contributed by atoms with E-state index >= 15 is 0 Å². The van der Waals surface area contributed by atoms with Crippen molar-refractivity contribution in [3.05, 3.63) is 35.5 Å². The maximum Gasteiger partial charge on any atom is 0.158 e. The van der Waals surface area contributed by atoms with E-state index in [1.807, 2.05) is 24.3 Å². The van der Waals surface area contributed by atoms with Gasteiger partial charge in [0.1, 0.15) is 0 Å². The van der Waals surface area contributed by atoms with Gasteiger partial charge in [-0.3, -0.25) is 0 Å². The van der Waals surface area contributed by atoms with E-state index in [-0.39, 0.29) is 17.0 Å². The molecule has 0 aliphatic rings. The van der Waals surface area contributed by atoms with Crippen molar-refractivity contribution < 1.29 is 8.42 Å². The van der Waals surface area contributed by atoms with Gasteiger partial charge < -0.3 is 10.3 Å². The second-order valence-electron chi connectivity index (χ2n) is 6.05. The van der Waals surface area contributed by atoms with Crippen molar-refractivity contribution in [3.63, 3.8) is 0 Å². The number of nitrogens with two attached hydrogens (primary N) is 1. The van der Waals surface area contributed by atoms with Crippen LogP contribution < -0.4 is 5.73 Å². The monoisotopic (exact) mass is 308 g/mol. The first-order valence-electron chi connectivity index (χ1n) is 7.30. The van der Waals surface area contributed by atoms with Gasteiger partial charge in [0.25, 0.3) is 0 Å². The Hall–Kier alpha value is -1.33. The van der Waals surface area contributed by atoms with Gasteiger partial charge in [0.15, 0.2) is 9.84 Å². The molecule has 0 aliphatic carbocycles. The molecule has 1 aromatic carbocycles. The van der Waals surface area contributed by atoms with Gasteiger partial charge in [0.05, 0.1) is 11.0 Å². The Bertz CT molecular complexity index is 743. The Balaban J connectivity index is 2.60. The molecule has 2 rings (SSSR count). The van der Waals surface area contributed by atoms with Gasteiger partial charge in [-0.15, -0.1) is 0 Å². The normalized spacial score (nSPS) is 12.7. The first-order valence-corrected chi connectivity index (χ1v) is 9.02. The van der Waals surface area contributed by atoms with E-state index in [2.05, 4.69) is 18.4 Å². The molecule has 116 valence electrons. The highest BCUT2D eigenvalue weighted by Gasteiger charge is 2.21. The molecule has 4 nitrogen and oxygen atoms in total. The van der Waals surface area contributed by atoms with Gasteiger partial charge >= 0.3 is 0 Å². The molecule has 0 spiro atoms. The van der Waals surface area contributed by atoms with Crippen LogP contribution in [0.5, 0.6) is 0 Å². The third kappa shape index (κ3) is 3.14. The standard InChI is InChI=1S/C16H24N2O2S/c1-11(2)18-15(10-21(19,20)12(3)4)8-14-7-13(9-17)5-6-16(14)18/h5-8,11-12H,9-10,17H2,1-4H3. The molecule has 0 radical (unpaired) electrons. The summed E-state index contributed by atoms with van der Waals surface area (Å²) < 4.78 is 26.6. The minimum absolute atomic E-state index is 0.0789. The number of aromatic nitrogens is 1. The third-order valence-corrected chi connectivity index (χ3v) is 5.94. The fourth-order valence-electron chi connectivity index (χ4n) is 2.56. The van der Waals surface area contributed by atoms with E-state index in [0.29, 0.717) is 6.54 Å². The van der Waals surface area contributed by atoms with Crippen molar-refractivity contribution >= 4 is 20.7 Å². The van der Waals surface area contributed by atoms with Crippen molar-refractivity contribution in [2.45, 2.75) is 51.3 Å². The van der Waals surface area contributed by atoms with Crippen LogP contribution in [0.25, 0.3) is 10.9 Å². The number of nitrogens with zero attached hydrogens (tertiary/aromatic N) is 1. The molecule has 5 heteroatoms. The lowest BCUT2D eigenvalue weighted by Crippen LogP contribution is -2.18. The zero-order valence-corrected chi connectivity index (χ0v) is 13.9. The second-order valence-corrected chi connectivity index (χ2v) is 8.61. The summed E-state index contributed by atoms with van der Waals surface area (Å²) in [4.78, 5) is 0. The molecule has 2 aromatic rings. The number of hydrogen-bond acceptors (Lipinski definition) is 3. The van der Waals surface area contributed by atoms with Crippen LogP contribution in [-0.2, 0) is 22.1 Å². The summed E-state index contributed by atoms with van der Waals surface area (Å²) in [5, 5.41) is 0.691. The predicted molar refractivity (Wildman–Crippen MR) is 88.0 cm³/mol. The van der Waals surface area contributed by atoms with Crippen LogP contribution in [0.1, 0.15) is 45.0 Å². The topological polar surface area (TPSA) is 65.1 Å². The lowest BCUT2D eigenvalue weighted by atomic mass is 10.1. The van der Waals surface area contributed by atoms with Gasteiger partial charge in [-0.05, 0) is 51.5 Å². The average Bonchev–Trinajstić information content (AvgIpc) is 2.74. The van der Waals surface area contributed by atoms with Gasteiger partial charge in [-0.1, -0.05) is 6.07 Å². The molecule has 1 aromatic heterocycles. The minimum Gasteiger partial charge on any atom is -0.341 e. The first-order chi connectivity index (χ1) is 9.76. The smallest absolute Gasteiger partial charge is 0.158 e. The van der Waals surface area contributed by atoms with Crippen molar-refractivity contribution in [3.8, 4) is 0 Å². The predicted octanol–water partition coefficient (Wildman–Crippen LogP) is 3.00. The van der Waals surface area contributed by atoms with Crippen LogP contribution in [0.2, 0.25) is 0 Å². The van der Waals surface area contributed by atoms with Crippen LogP contribution >= 0.6 is 0 Å². The van der Waals surface area contributed by atoms with Gasteiger partial charge in [-0.25, -0.2) is 8.42 Å². The molecule has 0 bridgehead atoms. The molecule has 0 amide bonds. The fraction of sp³-hybridized carbons (Fsp3) is 0.500. The van der Waals surface area contributed by atoms with E-state index in [9.17, 15) is 8.42 Å². The molecule has 0 saturated heterocycles. The van der Waals surface area contributed by atoms with Crippen LogP contribution in [0.15, 0.2) is 24.3 Å². The zero-order valence-electron chi connectivity index (χ0n) is 13.1. The maximum atomic E-state index is 12.2. The highest BCUT2D eigenvalue weighted by atomic mass is 32.2. The molecule has 0 unspecified atom stereocenters. The molecular weight excluding hydrogens is 284 g/mol. The van der Waals surface area contributed by atoms with E-state index < -0.39 is 9.84 Å². The molecule has 1 heterocycles. The van der Waals surface area contributed by atoms with Gasteiger partial charge in [0.2, 0.25) is 0 Å². The second kappa shape index (κ2) is 5.81. The van der Waals surface area contributed by atoms with Crippen LogP contribution in [0.4, 0.5) is 0 Å². The largest absolute Gasteiger partial charge is 0.341 e. The van der Waals surface area contributed by atoms with Gasteiger partial charge in [0, 0.05) is 29.2 Å². The van der Waals surface area contributed by atoms with Crippen molar-refractivity contribution in [1.29, 1.82) is 0 Å². The lowest BCUT2D eigenvalue weighted by molar-refractivity contribution is 0.574. The highest BCUT2D eigenvalue weighted by molar-refractivity contribution is 7.91. The molecule has 0 aliphatic heterocycles. The number of fused-ring (bicyclic) bond motifs is 1. The number of hydrogen-bond donors (Lipinski definition) is 1. The molecule has 0 saturated carbocycles. The summed E-state index contributed by atoms with van der Waals surface area (Å²) in [5.74, 6) is 0.0789. The number of benzene rings is 1. The maximum absolute atomic E-state index is 12.2. The quantitative estimate of drug-likeness (QED) is 0.923. The average molecular weight is 308 g/mol. The summed E-state index contributed by atoms with van der Waals surface area (Å²) in [7, 11) is -3.12. The van der Waals surface area contributed by atoms with Crippen LogP contribution in [0, 0.1) is 0 Å². The van der Waals surface area contributed by atoms with E-state index in [1.54, 1.807) is 13.8 Å².